The summed E-state index contributed by atoms with van der Waals surface area (Å²) in [5.74, 6) is 0.363. The molecule has 0 spiro atoms. The molecule has 2 nitrogen and oxygen atoms in total. The summed E-state index contributed by atoms with van der Waals surface area (Å²) < 4.78 is 1.23. The van der Waals surface area contributed by atoms with Crippen LogP contribution in [0.3, 0.4) is 0 Å². The van der Waals surface area contributed by atoms with Gasteiger partial charge in [-0.1, -0.05) is 13.0 Å². The molecule has 0 amide bonds. The predicted molar refractivity (Wildman–Crippen MR) is 72.6 cm³/mol. The Labute approximate surface area is 106 Å². The number of nitrogens with zero attached hydrogens (tertiary/aromatic N) is 1. The number of carbonyl (C=O) groups excluding carboxylic acids is 1. The van der Waals surface area contributed by atoms with Crippen molar-refractivity contribution in [1.82, 2.24) is 4.98 Å². The van der Waals surface area contributed by atoms with Crippen molar-refractivity contribution in [3.8, 4) is 0 Å². The quantitative estimate of drug-likeness (QED) is 0.802. The lowest BCUT2D eigenvalue weighted by Crippen LogP contribution is -1.99. The van der Waals surface area contributed by atoms with Crippen molar-refractivity contribution in [2.45, 2.75) is 39.5 Å². The van der Waals surface area contributed by atoms with Gasteiger partial charge in [0.25, 0.3) is 0 Å². The van der Waals surface area contributed by atoms with Crippen molar-refractivity contribution >= 4 is 27.3 Å². The zero-order valence-electron chi connectivity index (χ0n) is 10.3. The van der Waals surface area contributed by atoms with E-state index in [0.29, 0.717) is 18.6 Å². The van der Waals surface area contributed by atoms with E-state index in [4.69, 9.17) is 0 Å². The summed E-state index contributed by atoms with van der Waals surface area (Å²) in [5.41, 5.74) is 2.28. The molecule has 0 unspecified atom stereocenters. The fourth-order valence-corrected chi connectivity index (χ4v) is 2.74. The van der Waals surface area contributed by atoms with Crippen molar-refractivity contribution in [3.63, 3.8) is 0 Å². The number of ketones is 1. The Hall–Kier alpha value is -1.22. The predicted octanol–water partition coefficient (Wildman–Crippen LogP) is 3.91. The third-order valence-corrected chi connectivity index (χ3v) is 3.73. The van der Waals surface area contributed by atoms with Crippen molar-refractivity contribution in [2.75, 3.05) is 0 Å². The number of aryl methyl sites for hydroxylation is 2. The number of Topliss-reactive ketones (excluding diaryl/α,β-unsaturated/α-hetero) is 1. The van der Waals surface area contributed by atoms with Gasteiger partial charge >= 0.3 is 0 Å². The van der Waals surface area contributed by atoms with E-state index >= 15 is 0 Å². The first-order valence-electron chi connectivity index (χ1n) is 6.07. The third kappa shape index (κ3) is 3.13. The number of carbonyl (C=O) groups is 1. The lowest BCUT2D eigenvalue weighted by Gasteiger charge is -2.00. The maximum Gasteiger partial charge on any atom is 0.133 e. The standard InChI is InChI=1S/C14H17NOS/c1-3-4-12(16)7-5-11-6-8-14-13(9-11)15-10(2)17-14/h6,8-9H,3-5,7H2,1-2H3. The molecule has 0 aliphatic carbocycles. The smallest absolute Gasteiger partial charge is 0.133 e. The number of hydrogen-bond acceptors (Lipinski definition) is 3. The lowest BCUT2D eigenvalue weighted by atomic mass is 10.1. The highest BCUT2D eigenvalue weighted by atomic mass is 32.1. The van der Waals surface area contributed by atoms with E-state index in [0.717, 1.165) is 23.4 Å². The molecule has 90 valence electrons. The summed E-state index contributed by atoms with van der Waals surface area (Å²) in [6.45, 7) is 4.07. The third-order valence-electron chi connectivity index (χ3n) is 2.78. The Morgan fingerprint density at radius 3 is 2.94 bits per heavy atom. The van der Waals surface area contributed by atoms with Gasteiger partial charge in [0.2, 0.25) is 0 Å². The SMILES string of the molecule is CCCC(=O)CCc1ccc2sc(C)nc2c1. The maximum absolute atomic E-state index is 11.5. The van der Waals surface area contributed by atoms with Gasteiger partial charge < -0.3 is 0 Å². The van der Waals surface area contributed by atoms with Gasteiger partial charge in [-0.2, -0.15) is 0 Å². The van der Waals surface area contributed by atoms with E-state index in [2.05, 4.69) is 23.2 Å². The van der Waals surface area contributed by atoms with Gasteiger partial charge in [-0.3, -0.25) is 4.79 Å². The fourth-order valence-electron chi connectivity index (χ4n) is 1.93. The van der Waals surface area contributed by atoms with E-state index in [1.807, 2.05) is 13.8 Å². The van der Waals surface area contributed by atoms with E-state index in [-0.39, 0.29) is 0 Å². The molecule has 2 aromatic rings. The van der Waals surface area contributed by atoms with E-state index in [9.17, 15) is 4.79 Å². The molecule has 0 radical (unpaired) electrons. The van der Waals surface area contributed by atoms with Crippen LogP contribution in [0, 0.1) is 6.92 Å². The van der Waals surface area contributed by atoms with Crippen LogP contribution in [0.25, 0.3) is 10.2 Å². The summed E-state index contributed by atoms with van der Waals surface area (Å²) in [4.78, 5) is 15.9. The molecule has 0 aliphatic heterocycles. The summed E-state index contributed by atoms with van der Waals surface area (Å²) >= 11 is 1.72. The summed E-state index contributed by atoms with van der Waals surface area (Å²) in [7, 11) is 0. The molecule has 0 fully saturated rings. The lowest BCUT2D eigenvalue weighted by molar-refractivity contribution is -0.119. The highest BCUT2D eigenvalue weighted by Crippen LogP contribution is 2.22. The summed E-state index contributed by atoms with van der Waals surface area (Å²) in [6.07, 6.45) is 3.15. The van der Waals surface area contributed by atoms with Crippen LogP contribution in [0.4, 0.5) is 0 Å². The van der Waals surface area contributed by atoms with E-state index < -0.39 is 0 Å². The zero-order chi connectivity index (χ0) is 12.3. The van der Waals surface area contributed by atoms with Crippen molar-refractivity contribution in [1.29, 1.82) is 0 Å². The van der Waals surface area contributed by atoms with Crippen LogP contribution in [0.2, 0.25) is 0 Å². The minimum Gasteiger partial charge on any atom is -0.300 e. The van der Waals surface area contributed by atoms with Crippen molar-refractivity contribution in [3.05, 3.63) is 28.8 Å². The van der Waals surface area contributed by atoms with Crippen LogP contribution in [-0.2, 0) is 11.2 Å². The molecular weight excluding hydrogens is 230 g/mol. The average Bonchev–Trinajstić information content (AvgIpc) is 2.66. The first kappa shape index (κ1) is 12.2. The van der Waals surface area contributed by atoms with Crippen LogP contribution in [0.15, 0.2) is 18.2 Å². The van der Waals surface area contributed by atoms with Gasteiger partial charge in [0, 0.05) is 12.8 Å². The Kier molecular flexibility index (Phi) is 3.89. The molecule has 1 heterocycles. The topological polar surface area (TPSA) is 30.0 Å². The monoisotopic (exact) mass is 247 g/mol. The number of fused-ring (bicyclic) bond motifs is 1. The molecule has 2 rings (SSSR count). The van der Waals surface area contributed by atoms with Crippen LogP contribution in [0.5, 0.6) is 0 Å². The molecule has 0 saturated heterocycles. The zero-order valence-corrected chi connectivity index (χ0v) is 11.1. The molecule has 0 atom stereocenters. The normalized spacial score (nSPS) is 10.9. The Morgan fingerprint density at radius 1 is 1.35 bits per heavy atom. The van der Waals surface area contributed by atoms with Crippen molar-refractivity contribution in [2.24, 2.45) is 0 Å². The molecule has 0 saturated carbocycles. The van der Waals surface area contributed by atoms with Gasteiger partial charge in [0.15, 0.2) is 0 Å². The van der Waals surface area contributed by atoms with Gasteiger partial charge in [0.05, 0.1) is 15.2 Å². The largest absolute Gasteiger partial charge is 0.300 e. The molecule has 3 heteroatoms. The molecular formula is C14H17NOS. The fraction of sp³-hybridized carbons (Fsp3) is 0.429. The van der Waals surface area contributed by atoms with Crippen LogP contribution < -0.4 is 0 Å². The summed E-state index contributed by atoms with van der Waals surface area (Å²) in [6, 6.07) is 6.33. The minimum atomic E-state index is 0.363. The second-order valence-corrected chi connectivity index (χ2v) is 5.56. The highest BCUT2D eigenvalue weighted by molar-refractivity contribution is 7.18. The van der Waals surface area contributed by atoms with Crippen molar-refractivity contribution < 1.29 is 4.79 Å². The molecule has 17 heavy (non-hydrogen) atoms. The van der Waals surface area contributed by atoms with E-state index in [1.165, 1.54) is 10.3 Å². The van der Waals surface area contributed by atoms with Crippen LogP contribution in [0.1, 0.15) is 36.8 Å². The average molecular weight is 247 g/mol. The molecule has 1 aromatic carbocycles. The van der Waals surface area contributed by atoms with Gasteiger partial charge in [0.1, 0.15) is 5.78 Å². The van der Waals surface area contributed by atoms with Crippen LogP contribution >= 0.6 is 11.3 Å². The Morgan fingerprint density at radius 2 is 2.18 bits per heavy atom. The second kappa shape index (κ2) is 5.41. The number of thiazole rings is 1. The second-order valence-electron chi connectivity index (χ2n) is 4.32. The highest BCUT2D eigenvalue weighted by Gasteiger charge is 2.04. The first-order chi connectivity index (χ1) is 8.19. The van der Waals surface area contributed by atoms with Gasteiger partial charge in [-0.05, 0) is 37.5 Å². The van der Waals surface area contributed by atoms with E-state index in [1.54, 1.807) is 11.3 Å². The first-order valence-corrected chi connectivity index (χ1v) is 6.88. The molecule has 0 N–H and O–H groups in total. The maximum atomic E-state index is 11.5. The Bertz CT molecular complexity index is 530. The Balaban J connectivity index is 2.06. The van der Waals surface area contributed by atoms with Crippen LogP contribution in [-0.4, -0.2) is 10.8 Å². The molecule has 0 bridgehead atoms. The molecule has 1 aromatic heterocycles. The number of aromatic nitrogens is 1. The van der Waals surface area contributed by atoms with Gasteiger partial charge in [-0.25, -0.2) is 4.98 Å². The minimum absolute atomic E-state index is 0.363. The van der Waals surface area contributed by atoms with Gasteiger partial charge in [-0.15, -0.1) is 11.3 Å². The molecule has 0 aliphatic rings. The summed E-state index contributed by atoms with van der Waals surface area (Å²) in [5, 5.41) is 1.10. The number of rotatable bonds is 5. The number of hydrogen-bond donors (Lipinski definition) is 0. The number of benzene rings is 1.